The molecule has 9 heteroatoms. The van der Waals surface area contributed by atoms with E-state index < -0.39 is 18.6 Å². The van der Waals surface area contributed by atoms with Gasteiger partial charge in [0.1, 0.15) is 0 Å². The fourth-order valence-electron chi connectivity index (χ4n) is 1.42. The van der Waals surface area contributed by atoms with E-state index in [1.165, 1.54) is 23.8 Å². The van der Waals surface area contributed by atoms with E-state index in [1.54, 1.807) is 0 Å². The van der Waals surface area contributed by atoms with Crippen molar-refractivity contribution in [3.8, 4) is 0 Å². The number of tetrazole rings is 1. The minimum Gasteiger partial charge on any atom is -0.366 e. The highest BCUT2D eigenvalue weighted by Crippen LogP contribution is 2.22. The average molecular weight is 246 g/mol. The Morgan fingerprint density at radius 3 is 2.88 bits per heavy atom. The van der Waals surface area contributed by atoms with Gasteiger partial charge in [0.2, 0.25) is 0 Å². The largest absolute Gasteiger partial charge is 0.391 e. The zero-order valence-corrected chi connectivity index (χ0v) is 8.81. The minimum atomic E-state index is -4.21. The number of aromatic nitrogens is 5. The van der Waals surface area contributed by atoms with Crippen LogP contribution in [-0.4, -0.2) is 37.2 Å². The highest BCUT2D eigenvalue weighted by molar-refractivity contribution is 5.44. The molecule has 1 atom stereocenters. The Kier molecular flexibility index (Phi) is 2.82. The maximum Gasteiger partial charge on any atom is 0.391 e. The lowest BCUT2D eigenvalue weighted by atomic mass is 10.2. The summed E-state index contributed by atoms with van der Waals surface area (Å²) in [6, 6.07) is -0.786. The molecule has 0 radical (unpaired) electrons. The molecule has 0 saturated carbocycles. The molecule has 0 saturated heterocycles. The topological polar surface area (TPSA) is 68.0 Å². The lowest BCUT2D eigenvalue weighted by Gasteiger charge is -2.16. The van der Waals surface area contributed by atoms with Crippen molar-refractivity contribution in [2.45, 2.75) is 25.6 Å². The summed E-state index contributed by atoms with van der Waals surface area (Å²) in [5.41, 5.74) is 0.370. The summed E-state index contributed by atoms with van der Waals surface area (Å²) in [6.45, 7) is 1.43. The van der Waals surface area contributed by atoms with E-state index in [4.69, 9.17) is 0 Å². The Morgan fingerprint density at radius 2 is 2.18 bits per heavy atom. The molecule has 6 nitrogen and oxygen atoms in total. The third-order valence-corrected chi connectivity index (χ3v) is 2.04. The SMILES string of the molecule is CC(CC(F)(F)F)Nc1cncc2nnnn12. The van der Waals surface area contributed by atoms with E-state index >= 15 is 0 Å². The molecule has 1 N–H and O–H groups in total. The standard InChI is InChI=1S/C8H9F3N6/c1-5(2-8(9,10)11)13-6-3-12-4-7-14-15-16-17(6)7/h3-5,13H,2H2,1H3. The molecule has 2 aromatic rings. The van der Waals surface area contributed by atoms with Crippen molar-refractivity contribution in [1.82, 2.24) is 25.0 Å². The van der Waals surface area contributed by atoms with Crippen LogP contribution in [0.2, 0.25) is 0 Å². The van der Waals surface area contributed by atoms with Crippen LogP contribution >= 0.6 is 0 Å². The Morgan fingerprint density at radius 1 is 1.41 bits per heavy atom. The highest BCUT2D eigenvalue weighted by Gasteiger charge is 2.30. The van der Waals surface area contributed by atoms with Crippen LogP contribution in [0.15, 0.2) is 12.4 Å². The summed E-state index contributed by atoms with van der Waals surface area (Å²) in [6.07, 6.45) is -2.37. The first-order chi connectivity index (χ1) is 7.96. The van der Waals surface area contributed by atoms with Crippen LogP contribution in [0.25, 0.3) is 5.65 Å². The van der Waals surface area contributed by atoms with Gasteiger partial charge in [-0.1, -0.05) is 0 Å². The normalized spacial score (nSPS) is 13.9. The molecule has 1 unspecified atom stereocenters. The van der Waals surface area contributed by atoms with Crippen LogP contribution in [0.4, 0.5) is 19.0 Å². The van der Waals surface area contributed by atoms with Gasteiger partial charge in [0, 0.05) is 6.04 Å². The second-order valence-corrected chi connectivity index (χ2v) is 3.61. The van der Waals surface area contributed by atoms with E-state index in [9.17, 15) is 13.2 Å². The number of fused-ring (bicyclic) bond motifs is 1. The third kappa shape index (κ3) is 2.80. The van der Waals surface area contributed by atoms with E-state index in [2.05, 4.69) is 25.8 Å². The molecule has 0 spiro atoms. The number of hydrogen-bond acceptors (Lipinski definition) is 5. The second kappa shape index (κ2) is 4.15. The molecule has 0 aliphatic rings. The Labute approximate surface area is 93.8 Å². The Balaban J connectivity index is 2.15. The zero-order valence-electron chi connectivity index (χ0n) is 8.81. The summed E-state index contributed by atoms with van der Waals surface area (Å²) >= 11 is 0. The van der Waals surface area contributed by atoms with E-state index in [0.29, 0.717) is 11.5 Å². The molecule has 0 amide bonds. The smallest absolute Gasteiger partial charge is 0.366 e. The molecule has 0 aliphatic heterocycles. The molecule has 0 aliphatic carbocycles. The van der Waals surface area contributed by atoms with E-state index in [1.807, 2.05) is 0 Å². The molecule has 0 aromatic carbocycles. The average Bonchev–Trinajstić information content (AvgIpc) is 2.63. The molecule has 0 bridgehead atoms. The Bertz CT molecular complexity index is 507. The fourth-order valence-corrected chi connectivity index (χ4v) is 1.42. The van der Waals surface area contributed by atoms with Crippen molar-refractivity contribution >= 4 is 11.5 Å². The molecular formula is C8H9F3N6. The van der Waals surface area contributed by atoms with Gasteiger partial charge in [0.05, 0.1) is 18.8 Å². The summed E-state index contributed by atoms with van der Waals surface area (Å²) in [4.78, 5) is 3.83. The monoisotopic (exact) mass is 246 g/mol. The second-order valence-electron chi connectivity index (χ2n) is 3.61. The minimum absolute atomic E-state index is 0.323. The van der Waals surface area contributed by atoms with Crippen molar-refractivity contribution in [2.24, 2.45) is 0 Å². The molecule has 2 aromatic heterocycles. The fraction of sp³-hybridized carbons (Fsp3) is 0.500. The van der Waals surface area contributed by atoms with Crippen LogP contribution in [0.3, 0.4) is 0 Å². The maximum atomic E-state index is 12.2. The predicted octanol–water partition coefficient (Wildman–Crippen LogP) is 1.27. The molecule has 0 fully saturated rings. The van der Waals surface area contributed by atoms with Crippen LogP contribution in [-0.2, 0) is 0 Å². The van der Waals surface area contributed by atoms with Crippen LogP contribution in [0.1, 0.15) is 13.3 Å². The van der Waals surface area contributed by atoms with Gasteiger partial charge < -0.3 is 5.32 Å². The molecular weight excluding hydrogens is 237 g/mol. The van der Waals surface area contributed by atoms with Crippen molar-refractivity contribution < 1.29 is 13.2 Å². The number of nitrogens with one attached hydrogen (secondary N) is 1. The van der Waals surface area contributed by atoms with Gasteiger partial charge in [-0.25, -0.2) is 0 Å². The maximum absolute atomic E-state index is 12.2. The van der Waals surface area contributed by atoms with Gasteiger partial charge in [-0.05, 0) is 17.4 Å². The van der Waals surface area contributed by atoms with Crippen molar-refractivity contribution in [3.63, 3.8) is 0 Å². The summed E-state index contributed by atoms with van der Waals surface area (Å²) in [7, 11) is 0. The number of hydrogen-bond donors (Lipinski definition) is 1. The quantitative estimate of drug-likeness (QED) is 0.883. The third-order valence-electron chi connectivity index (χ3n) is 2.04. The summed E-state index contributed by atoms with van der Waals surface area (Å²) in [5, 5.41) is 13.3. The van der Waals surface area contributed by atoms with E-state index in [0.717, 1.165) is 0 Å². The molecule has 2 heterocycles. The first-order valence-corrected chi connectivity index (χ1v) is 4.81. The van der Waals surface area contributed by atoms with Gasteiger partial charge in [-0.3, -0.25) is 4.98 Å². The summed E-state index contributed by atoms with van der Waals surface area (Å²) < 4.78 is 37.8. The molecule has 2 rings (SSSR count). The number of rotatable bonds is 3. The molecule has 92 valence electrons. The predicted molar refractivity (Wildman–Crippen MR) is 52.3 cm³/mol. The summed E-state index contributed by atoms with van der Waals surface area (Å²) in [5.74, 6) is 0.323. The molecule has 17 heavy (non-hydrogen) atoms. The van der Waals surface area contributed by atoms with Crippen molar-refractivity contribution in [3.05, 3.63) is 12.4 Å². The zero-order chi connectivity index (χ0) is 12.5. The number of anilines is 1. The van der Waals surface area contributed by atoms with Gasteiger partial charge in [0.15, 0.2) is 11.5 Å². The highest BCUT2D eigenvalue weighted by atomic mass is 19.4. The van der Waals surface area contributed by atoms with Crippen LogP contribution < -0.4 is 5.32 Å². The van der Waals surface area contributed by atoms with E-state index in [-0.39, 0.29) is 0 Å². The number of halogens is 3. The number of nitrogens with zero attached hydrogens (tertiary/aromatic N) is 5. The lowest BCUT2D eigenvalue weighted by molar-refractivity contribution is -0.136. The first kappa shape index (κ1) is 11.6. The first-order valence-electron chi connectivity index (χ1n) is 4.81. The van der Waals surface area contributed by atoms with Crippen LogP contribution in [0.5, 0.6) is 0 Å². The Hall–Kier alpha value is -1.93. The van der Waals surface area contributed by atoms with Gasteiger partial charge in [-0.2, -0.15) is 17.7 Å². The van der Waals surface area contributed by atoms with Crippen molar-refractivity contribution in [2.75, 3.05) is 5.32 Å². The van der Waals surface area contributed by atoms with Gasteiger partial charge >= 0.3 is 6.18 Å². The van der Waals surface area contributed by atoms with Crippen LogP contribution in [0, 0.1) is 0 Å². The van der Waals surface area contributed by atoms with Gasteiger partial charge in [-0.15, -0.1) is 5.10 Å². The van der Waals surface area contributed by atoms with Crippen molar-refractivity contribution in [1.29, 1.82) is 0 Å². The van der Waals surface area contributed by atoms with Gasteiger partial charge in [0.25, 0.3) is 0 Å². The number of alkyl halides is 3. The lowest BCUT2D eigenvalue weighted by Crippen LogP contribution is -2.25.